The van der Waals surface area contributed by atoms with Crippen LogP contribution in [0.15, 0.2) is 29.4 Å². The molecule has 7 heteroatoms. The van der Waals surface area contributed by atoms with E-state index in [0.29, 0.717) is 12.5 Å². The van der Waals surface area contributed by atoms with Crippen molar-refractivity contribution in [2.75, 3.05) is 19.8 Å². The Balaban J connectivity index is 1.85. The molecule has 0 aromatic carbocycles. The molecule has 2 aromatic rings. The Morgan fingerprint density at radius 2 is 2.21 bits per heavy atom. The lowest BCUT2D eigenvalue weighted by Gasteiger charge is -2.06. The van der Waals surface area contributed by atoms with Crippen LogP contribution in [0.2, 0.25) is 0 Å². The van der Waals surface area contributed by atoms with Gasteiger partial charge in [-0.2, -0.15) is 5.10 Å². The molecule has 24 heavy (non-hydrogen) atoms. The molecular formula is C17H26N6O. The maximum atomic E-state index is 5.84. The number of nitrogens with zero attached hydrogens (tertiary/aromatic N) is 4. The molecule has 130 valence electrons. The highest BCUT2D eigenvalue weighted by Gasteiger charge is 2.04. The van der Waals surface area contributed by atoms with Gasteiger partial charge in [0.05, 0.1) is 12.2 Å². The summed E-state index contributed by atoms with van der Waals surface area (Å²) in [6, 6.07) is 5.96. The van der Waals surface area contributed by atoms with Crippen molar-refractivity contribution in [2.45, 2.75) is 33.7 Å². The summed E-state index contributed by atoms with van der Waals surface area (Å²) in [5, 5.41) is 7.50. The first kappa shape index (κ1) is 17.9. The van der Waals surface area contributed by atoms with Gasteiger partial charge in [0.1, 0.15) is 0 Å². The summed E-state index contributed by atoms with van der Waals surface area (Å²) in [6.45, 7) is 8.68. The van der Waals surface area contributed by atoms with Crippen LogP contribution in [0.3, 0.4) is 0 Å². The third-order valence-electron chi connectivity index (χ3n) is 3.44. The normalized spacial score (nSPS) is 11.7. The lowest BCUT2D eigenvalue weighted by atomic mass is 10.3. The van der Waals surface area contributed by atoms with Crippen LogP contribution in [0, 0.1) is 13.8 Å². The van der Waals surface area contributed by atoms with E-state index in [-0.39, 0.29) is 0 Å². The van der Waals surface area contributed by atoms with Crippen molar-refractivity contribution < 1.29 is 4.74 Å². The Labute approximate surface area is 142 Å². The first-order valence-corrected chi connectivity index (χ1v) is 8.20. The van der Waals surface area contributed by atoms with Crippen molar-refractivity contribution in [1.29, 1.82) is 0 Å². The molecule has 0 saturated heterocycles. The number of nitrogens with one attached hydrogen (secondary N) is 1. The van der Waals surface area contributed by atoms with E-state index in [9.17, 15) is 0 Å². The third-order valence-corrected chi connectivity index (χ3v) is 3.44. The van der Waals surface area contributed by atoms with E-state index in [1.165, 1.54) is 0 Å². The number of aliphatic imine (C=N–C) groups is 1. The molecule has 0 radical (unpaired) electrons. The van der Waals surface area contributed by atoms with Crippen molar-refractivity contribution in [2.24, 2.45) is 10.7 Å². The van der Waals surface area contributed by atoms with Gasteiger partial charge in [-0.05, 0) is 44.9 Å². The minimum Gasteiger partial charge on any atom is -0.382 e. The van der Waals surface area contributed by atoms with E-state index in [1.807, 2.05) is 43.7 Å². The molecule has 0 aliphatic heterocycles. The van der Waals surface area contributed by atoms with E-state index in [1.54, 1.807) is 6.20 Å². The average Bonchev–Trinajstić information content (AvgIpc) is 2.91. The zero-order valence-electron chi connectivity index (χ0n) is 14.6. The van der Waals surface area contributed by atoms with E-state index in [0.717, 1.165) is 48.9 Å². The molecule has 0 saturated carbocycles. The smallest absolute Gasteiger partial charge is 0.188 e. The molecule has 2 heterocycles. The summed E-state index contributed by atoms with van der Waals surface area (Å²) < 4.78 is 7.10. The molecule has 2 rings (SSSR count). The number of pyridine rings is 1. The Hall–Kier alpha value is -2.41. The van der Waals surface area contributed by atoms with Gasteiger partial charge in [0, 0.05) is 31.6 Å². The number of nitrogens with two attached hydrogens (primary N) is 1. The van der Waals surface area contributed by atoms with Crippen molar-refractivity contribution in [3.63, 3.8) is 0 Å². The summed E-state index contributed by atoms with van der Waals surface area (Å²) in [5.74, 6) is 1.24. The van der Waals surface area contributed by atoms with Gasteiger partial charge in [0.15, 0.2) is 11.8 Å². The highest BCUT2D eigenvalue weighted by Crippen LogP contribution is 2.10. The summed E-state index contributed by atoms with van der Waals surface area (Å²) in [7, 11) is 0. The van der Waals surface area contributed by atoms with Crippen molar-refractivity contribution in [1.82, 2.24) is 20.1 Å². The van der Waals surface area contributed by atoms with E-state index in [4.69, 9.17) is 10.5 Å². The molecular weight excluding hydrogens is 304 g/mol. The van der Waals surface area contributed by atoms with Crippen LogP contribution in [-0.2, 0) is 11.3 Å². The maximum Gasteiger partial charge on any atom is 0.188 e. The molecule has 0 bridgehead atoms. The van der Waals surface area contributed by atoms with Crippen LogP contribution < -0.4 is 11.1 Å². The molecule has 3 N–H and O–H groups in total. The number of hydrogen-bond acceptors (Lipinski definition) is 4. The van der Waals surface area contributed by atoms with Gasteiger partial charge in [-0.1, -0.05) is 6.07 Å². The lowest BCUT2D eigenvalue weighted by molar-refractivity contribution is 0.145. The fourth-order valence-corrected chi connectivity index (χ4v) is 2.26. The average molecular weight is 330 g/mol. The minimum absolute atomic E-state index is 0.439. The first-order chi connectivity index (χ1) is 11.6. The summed E-state index contributed by atoms with van der Waals surface area (Å²) in [5.41, 5.74) is 8.88. The molecule has 2 aromatic heterocycles. The number of hydrogen-bond donors (Lipinski definition) is 2. The van der Waals surface area contributed by atoms with E-state index >= 15 is 0 Å². The summed E-state index contributed by atoms with van der Waals surface area (Å²) in [6.07, 6.45) is 2.71. The minimum atomic E-state index is 0.439. The van der Waals surface area contributed by atoms with Crippen LogP contribution in [0.4, 0.5) is 0 Å². The zero-order valence-corrected chi connectivity index (χ0v) is 14.6. The Kier molecular flexibility index (Phi) is 6.74. The topological polar surface area (TPSA) is 90.3 Å². The van der Waals surface area contributed by atoms with Crippen molar-refractivity contribution in [3.8, 4) is 5.82 Å². The van der Waals surface area contributed by atoms with Crippen LogP contribution in [0.25, 0.3) is 5.82 Å². The third kappa shape index (κ3) is 5.34. The van der Waals surface area contributed by atoms with Gasteiger partial charge in [-0.3, -0.25) is 0 Å². The van der Waals surface area contributed by atoms with Crippen molar-refractivity contribution in [3.05, 3.63) is 41.3 Å². The second-order valence-corrected chi connectivity index (χ2v) is 5.54. The van der Waals surface area contributed by atoms with E-state index in [2.05, 4.69) is 20.4 Å². The Morgan fingerprint density at radius 3 is 2.83 bits per heavy atom. The predicted octanol–water partition coefficient (Wildman–Crippen LogP) is 1.72. The SMILES string of the molecule is CCOCCCNC(N)=NCc1ccc(-n2nc(C)cc2C)nc1. The molecule has 0 amide bonds. The van der Waals surface area contributed by atoms with E-state index < -0.39 is 0 Å². The van der Waals surface area contributed by atoms with Crippen LogP contribution in [0.1, 0.15) is 30.3 Å². The lowest BCUT2D eigenvalue weighted by Crippen LogP contribution is -2.32. The standard InChI is InChI=1S/C17H26N6O/c1-4-24-9-5-8-19-17(18)21-12-15-6-7-16(20-11-15)23-14(3)10-13(2)22-23/h6-7,10-11H,4-5,8-9,12H2,1-3H3,(H3,18,19,21). The Morgan fingerprint density at radius 1 is 1.38 bits per heavy atom. The predicted molar refractivity (Wildman–Crippen MR) is 95.3 cm³/mol. The van der Waals surface area contributed by atoms with Gasteiger partial charge in [0.2, 0.25) is 0 Å². The number of aromatic nitrogens is 3. The molecule has 0 aliphatic carbocycles. The van der Waals surface area contributed by atoms with Crippen LogP contribution in [-0.4, -0.2) is 40.5 Å². The largest absolute Gasteiger partial charge is 0.382 e. The number of rotatable bonds is 8. The molecule has 0 spiro atoms. The highest BCUT2D eigenvalue weighted by molar-refractivity contribution is 5.77. The first-order valence-electron chi connectivity index (χ1n) is 8.20. The summed E-state index contributed by atoms with van der Waals surface area (Å²) in [4.78, 5) is 8.77. The Bertz CT molecular complexity index is 662. The second-order valence-electron chi connectivity index (χ2n) is 5.54. The molecule has 0 aliphatic rings. The number of ether oxygens (including phenoxy) is 1. The van der Waals surface area contributed by atoms with Gasteiger partial charge >= 0.3 is 0 Å². The van der Waals surface area contributed by atoms with Crippen LogP contribution in [0.5, 0.6) is 0 Å². The quantitative estimate of drug-likeness (QED) is 0.437. The summed E-state index contributed by atoms with van der Waals surface area (Å²) >= 11 is 0. The fourth-order valence-electron chi connectivity index (χ4n) is 2.26. The molecule has 0 unspecified atom stereocenters. The van der Waals surface area contributed by atoms with Gasteiger partial charge in [-0.15, -0.1) is 0 Å². The van der Waals surface area contributed by atoms with Gasteiger partial charge < -0.3 is 15.8 Å². The number of aryl methyl sites for hydroxylation is 2. The number of guanidine groups is 1. The molecule has 0 atom stereocenters. The highest BCUT2D eigenvalue weighted by atomic mass is 16.5. The van der Waals surface area contributed by atoms with Gasteiger partial charge in [-0.25, -0.2) is 14.7 Å². The fraction of sp³-hybridized carbons (Fsp3) is 0.471. The maximum absolute atomic E-state index is 5.84. The molecule has 7 nitrogen and oxygen atoms in total. The molecule has 0 fully saturated rings. The van der Waals surface area contributed by atoms with Crippen LogP contribution >= 0.6 is 0 Å². The monoisotopic (exact) mass is 330 g/mol. The second kappa shape index (κ2) is 9.02. The zero-order chi connectivity index (χ0) is 17.4. The van der Waals surface area contributed by atoms with Crippen molar-refractivity contribution >= 4 is 5.96 Å². The van der Waals surface area contributed by atoms with Gasteiger partial charge in [0.25, 0.3) is 0 Å².